The summed E-state index contributed by atoms with van der Waals surface area (Å²) < 4.78 is 12.7. The average molecular weight is 572 g/mol. The van der Waals surface area contributed by atoms with Crippen LogP contribution in [-0.4, -0.2) is 23.6 Å². The summed E-state index contributed by atoms with van der Waals surface area (Å²) in [6, 6.07) is 19.8. The lowest BCUT2D eigenvalue weighted by molar-refractivity contribution is -0.115. The van der Waals surface area contributed by atoms with Gasteiger partial charge in [0.05, 0.1) is 11.5 Å². The highest BCUT2D eigenvalue weighted by atomic mass is 79.9. The minimum atomic E-state index is -0.461. The Morgan fingerprint density at radius 3 is 2.51 bits per heavy atom. The monoisotopic (exact) mass is 570 g/mol. The molecule has 4 rings (SSSR count). The van der Waals surface area contributed by atoms with Gasteiger partial charge in [-0.25, -0.2) is 0 Å². The van der Waals surface area contributed by atoms with Gasteiger partial charge in [-0.1, -0.05) is 45.7 Å². The van der Waals surface area contributed by atoms with Crippen LogP contribution >= 0.6 is 39.3 Å². The van der Waals surface area contributed by atoms with E-state index in [0.717, 1.165) is 27.4 Å². The van der Waals surface area contributed by atoms with Gasteiger partial charge in [-0.15, -0.1) is 0 Å². The molecule has 0 atom stereocenters. The lowest BCUT2D eigenvalue weighted by Crippen LogP contribution is -2.20. The Balaban J connectivity index is 1.48. The van der Waals surface area contributed by atoms with E-state index in [9.17, 15) is 9.59 Å². The topological polar surface area (TPSA) is 77.0 Å². The van der Waals surface area contributed by atoms with Crippen LogP contribution in [0.15, 0.2) is 81.1 Å². The molecule has 0 aromatic heterocycles. The first kappa shape index (κ1) is 25.0. The fourth-order valence-electron chi connectivity index (χ4n) is 3.12. The SMILES string of the molecule is CCOc1cc(/C=C2\SC(=NC(=O)c3ccc(Cl)cc3)NC2=O)ccc1OCc1ccc(Br)cc1. The number of thioether (sulfide) groups is 1. The predicted octanol–water partition coefficient (Wildman–Crippen LogP) is 6.48. The molecule has 3 aromatic carbocycles. The Kier molecular flexibility index (Phi) is 8.28. The number of rotatable bonds is 7. The number of hydrogen-bond donors (Lipinski definition) is 1. The number of aliphatic imine (C=N–C) groups is 1. The summed E-state index contributed by atoms with van der Waals surface area (Å²) in [5.74, 6) is 0.397. The van der Waals surface area contributed by atoms with Gasteiger partial charge in [0.15, 0.2) is 16.7 Å². The molecule has 0 unspecified atom stereocenters. The van der Waals surface area contributed by atoms with Gasteiger partial charge >= 0.3 is 0 Å². The van der Waals surface area contributed by atoms with Crippen molar-refractivity contribution >= 4 is 62.4 Å². The maximum atomic E-state index is 12.4. The maximum absolute atomic E-state index is 12.4. The molecule has 1 aliphatic heterocycles. The molecule has 0 saturated carbocycles. The molecule has 2 amide bonds. The quantitative estimate of drug-likeness (QED) is 0.329. The van der Waals surface area contributed by atoms with E-state index in [1.54, 1.807) is 30.3 Å². The summed E-state index contributed by atoms with van der Waals surface area (Å²) in [6.07, 6.45) is 1.72. The molecule has 1 N–H and O–H groups in total. The third kappa shape index (κ3) is 6.75. The standard InChI is InChI=1S/C26H20BrClN2O4S/c1-2-33-22-13-17(5-12-21(22)34-15-16-3-8-19(27)9-4-16)14-23-25(32)30-26(35-23)29-24(31)18-6-10-20(28)11-7-18/h3-14H,2,15H2,1H3,(H,29,30,31,32)/b23-14-. The van der Waals surface area contributed by atoms with Crippen LogP contribution in [0.3, 0.4) is 0 Å². The summed E-state index contributed by atoms with van der Waals surface area (Å²) in [6.45, 7) is 2.76. The van der Waals surface area contributed by atoms with Gasteiger partial charge in [0.25, 0.3) is 11.8 Å². The second-order valence-corrected chi connectivity index (χ2v) is 9.73. The number of carbonyl (C=O) groups is 2. The Labute approximate surface area is 220 Å². The van der Waals surface area contributed by atoms with Crippen LogP contribution in [0.5, 0.6) is 11.5 Å². The van der Waals surface area contributed by atoms with Gasteiger partial charge in [-0.05, 0) is 84.4 Å². The largest absolute Gasteiger partial charge is 0.490 e. The number of benzene rings is 3. The number of nitrogens with zero attached hydrogens (tertiary/aromatic N) is 1. The van der Waals surface area contributed by atoms with E-state index in [-0.39, 0.29) is 11.1 Å². The average Bonchev–Trinajstić information content (AvgIpc) is 3.18. The highest BCUT2D eigenvalue weighted by molar-refractivity contribution is 9.10. The minimum absolute atomic E-state index is 0.223. The molecule has 178 valence electrons. The van der Waals surface area contributed by atoms with Crippen LogP contribution in [0.4, 0.5) is 0 Å². The van der Waals surface area contributed by atoms with Crippen molar-refractivity contribution in [2.75, 3.05) is 6.61 Å². The van der Waals surface area contributed by atoms with Crippen molar-refractivity contribution < 1.29 is 19.1 Å². The Morgan fingerprint density at radius 2 is 1.80 bits per heavy atom. The zero-order valence-corrected chi connectivity index (χ0v) is 21.7. The van der Waals surface area contributed by atoms with Gasteiger partial charge in [0.1, 0.15) is 6.61 Å². The fraction of sp³-hybridized carbons (Fsp3) is 0.115. The summed E-state index contributed by atoms with van der Waals surface area (Å²) in [5.41, 5.74) is 2.17. The molecule has 6 nitrogen and oxygen atoms in total. The number of amidine groups is 1. The van der Waals surface area contributed by atoms with Gasteiger partial charge in [0, 0.05) is 15.1 Å². The highest BCUT2D eigenvalue weighted by Gasteiger charge is 2.25. The van der Waals surface area contributed by atoms with Crippen molar-refractivity contribution in [2.45, 2.75) is 13.5 Å². The van der Waals surface area contributed by atoms with E-state index in [0.29, 0.717) is 40.2 Å². The van der Waals surface area contributed by atoms with Crippen LogP contribution < -0.4 is 14.8 Å². The Bertz CT molecular complexity index is 1310. The lowest BCUT2D eigenvalue weighted by Gasteiger charge is -2.13. The number of carbonyl (C=O) groups excluding carboxylic acids is 2. The van der Waals surface area contributed by atoms with Crippen molar-refractivity contribution in [2.24, 2.45) is 4.99 Å². The Hall–Kier alpha value is -3.07. The molecule has 9 heteroatoms. The zero-order valence-electron chi connectivity index (χ0n) is 18.6. The van der Waals surface area contributed by atoms with Gasteiger partial charge in [0.2, 0.25) is 0 Å². The minimum Gasteiger partial charge on any atom is -0.490 e. The lowest BCUT2D eigenvalue weighted by atomic mass is 10.2. The van der Waals surface area contributed by atoms with E-state index in [2.05, 4.69) is 26.2 Å². The molecule has 0 bridgehead atoms. The number of nitrogens with one attached hydrogen (secondary N) is 1. The number of ether oxygens (including phenoxy) is 2. The van der Waals surface area contributed by atoms with E-state index in [4.69, 9.17) is 21.1 Å². The second-order valence-electron chi connectivity index (χ2n) is 7.35. The van der Waals surface area contributed by atoms with Crippen LogP contribution in [-0.2, 0) is 11.4 Å². The third-order valence-electron chi connectivity index (χ3n) is 4.82. The first-order chi connectivity index (χ1) is 16.9. The van der Waals surface area contributed by atoms with Crippen LogP contribution in [0.1, 0.15) is 28.4 Å². The molecule has 1 heterocycles. The summed E-state index contributed by atoms with van der Waals surface area (Å²) in [7, 11) is 0. The molecule has 0 radical (unpaired) electrons. The number of hydrogen-bond acceptors (Lipinski definition) is 5. The van der Waals surface area contributed by atoms with Gasteiger partial charge in [-0.2, -0.15) is 4.99 Å². The highest BCUT2D eigenvalue weighted by Crippen LogP contribution is 2.32. The molecular weight excluding hydrogens is 552 g/mol. The molecule has 1 saturated heterocycles. The molecule has 1 fully saturated rings. The van der Waals surface area contributed by atoms with Crippen LogP contribution in [0, 0.1) is 0 Å². The van der Waals surface area contributed by atoms with Crippen molar-refractivity contribution in [3.63, 3.8) is 0 Å². The van der Waals surface area contributed by atoms with Crippen molar-refractivity contribution in [3.05, 3.63) is 97.8 Å². The second kappa shape index (κ2) is 11.6. The van der Waals surface area contributed by atoms with E-state index >= 15 is 0 Å². The molecule has 0 aliphatic carbocycles. The van der Waals surface area contributed by atoms with Crippen LogP contribution in [0.25, 0.3) is 6.08 Å². The number of halogens is 2. The Morgan fingerprint density at radius 1 is 1.06 bits per heavy atom. The molecular formula is C26H20BrClN2O4S. The summed E-state index contributed by atoms with van der Waals surface area (Å²) in [5, 5.41) is 3.38. The molecule has 1 aliphatic rings. The van der Waals surface area contributed by atoms with E-state index < -0.39 is 5.91 Å². The molecule has 35 heavy (non-hydrogen) atoms. The van der Waals surface area contributed by atoms with E-state index in [1.165, 1.54) is 0 Å². The normalized spacial score (nSPS) is 15.3. The fourth-order valence-corrected chi connectivity index (χ4v) is 4.33. The predicted molar refractivity (Wildman–Crippen MR) is 143 cm³/mol. The van der Waals surface area contributed by atoms with Gasteiger partial charge in [-0.3, -0.25) is 9.59 Å². The third-order valence-corrected chi connectivity index (χ3v) is 6.51. The molecule has 0 spiro atoms. The summed E-state index contributed by atoms with van der Waals surface area (Å²) in [4.78, 5) is 29.2. The molecule has 3 aromatic rings. The van der Waals surface area contributed by atoms with Crippen LogP contribution in [0.2, 0.25) is 5.02 Å². The van der Waals surface area contributed by atoms with Gasteiger partial charge < -0.3 is 14.8 Å². The first-order valence-corrected chi connectivity index (χ1v) is 12.6. The van der Waals surface area contributed by atoms with E-state index in [1.807, 2.05) is 49.4 Å². The maximum Gasteiger partial charge on any atom is 0.279 e. The zero-order chi connectivity index (χ0) is 24.8. The van der Waals surface area contributed by atoms with Crippen molar-refractivity contribution in [1.29, 1.82) is 0 Å². The van der Waals surface area contributed by atoms with Crippen molar-refractivity contribution in [1.82, 2.24) is 5.32 Å². The smallest absolute Gasteiger partial charge is 0.279 e. The first-order valence-electron chi connectivity index (χ1n) is 10.6. The number of amides is 2. The summed E-state index contributed by atoms with van der Waals surface area (Å²) >= 11 is 10.4. The van der Waals surface area contributed by atoms with Crippen molar-refractivity contribution in [3.8, 4) is 11.5 Å².